The first-order chi connectivity index (χ1) is 18.8. The molecular weight excluding hydrogens is 572 g/mol. The molecule has 0 aliphatic carbocycles. The number of benzene rings is 3. The van der Waals surface area contributed by atoms with E-state index < -0.39 is 11.8 Å². The third-order valence-corrected chi connectivity index (χ3v) is 6.08. The molecule has 0 fully saturated rings. The smallest absolute Gasteiger partial charge is 0.329 e. The van der Waals surface area contributed by atoms with E-state index in [4.69, 9.17) is 18.9 Å². The summed E-state index contributed by atoms with van der Waals surface area (Å²) in [5.41, 5.74) is 5.10. The van der Waals surface area contributed by atoms with Crippen molar-refractivity contribution in [1.82, 2.24) is 10.7 Å². The summed E-state index contributed by atoms with van der Waals surface area (Å²) in [7, 11) is 1.45. The van der Waals surface area contributed by atoms with Crippen molar-refractivity contribution in [2.24, 2.45) is 5.10 Å². The maximum absolute atomic E-state index is 12.4. The summed E-state index contributed by atoms with van der Waals surface area (Å²) in [5.74, 6) is -0.246. The van der Waals surface area contributed by atoms with Gasteiger partial charge in [-0.25, -0.2) is 5.43 Å². The molecule has 3 N–H and O–H groups in total. The van der Waals surface area contributed by atoms with Crippen molar-refractivity contribution in [1.29, 1.82) is 0 Å². The maximum Gasteiger partial charge on any atom is 0.329 e. The molecule has 0 atom stereocenters. The van der Waals surface area contributed by atoms with E-state index in [1.165, 1.54) is 13.3 Å². The molecule has 0 saturated heterocycles. The van der Waals surface area contributed by atoms with E-state index in [2.05, 4.69) is 37.1 Å². The van der Waals surface area contributed by atoms with Crippen LogP contribution in [0.2, 0.25) is 0 Å². The van der Waals surface area contributed by atoms with Gasteiger partial charge in [-0.15, -0.1) is 0 Å². The summed E-state index contributed by atoms with van der Waals surface area (Å²) in [6.07, 6.45) is 1.34. The second-order valence-electron chi connectivity index (χ2n) is 8.26. The third kappa shape index (κ3) is 7.26. The van der Waals surface area contributed by atoms with Gasteiger partial charge >= 0.3 is 11.8 Å². The zero-order valence-electron chi connectivity index (χ0n) is 21.1. The molecular formula is C27H25BrN4O7. The lowest BCUT2D eigenvalue weighted by molar-refractivity contribution is -0.139. The SMILES string of the molecule is COc1cc(/C=N\NC(=O)C(=O)NCc2ccc3c(c2)OCO3)cc(Br)c1OCC(=O)Nc1ccccc1C. The van der Waals surface area contributed by atoms with Gasteiger partial charge in [-0.3, -0.25) is 14.4 Å². The van der Waals surface area contributed by atoms with Crippen LogP contribution in [-0.2, 0) is 20.9 Å². The molecule has 0 bridgehead atoms. The molecule has 1 heterocycles. The fourth-order valence-electron chi connectivity index (χ4n) is 3.52. The Labute approximate surface area is 232 Å². The van der Waals surface area contributed by atoms with Gasteiger partial charge in [0.25, 0.3) is 5.91 Å². The number of rotatable bonds is 9. The Hall–Kier alpha value is -4.58. The highest BCUT2D eigenvalue weighted by Gasteiger charge is 2.16. The van der Waals surface area contributed by atoms with E-state index in [9.17, 15) is 14.4 Å². The number of methoxy groups -OCH3 is 1. The normalized spacial score (nSPS) is 11.7. The highest BCUT2D eigenvalue weighted by Crippen LogP contribution is 2.36. The molecule has 0 aromatic heterocycles. The van der Waals surface area contributed by atoms with Crippen LogP contribution in [0.25, 0.3) is 0 Å². The largest absolute Gasteiger partial charge is 0.493 e. The number of carbonyl (C=O) groups excluding carboxylic acids is 3. The van der Waals surface area contributed by atoms with E-state index in [-0.39, 0.29) is 25.9 Å². The van der Waals surface area contributed by atoms with Crippen LogP contribution < -0.4 is 35.0 Å². The molecule has 3 aromatic carbocycles. The van der Waals surface area contributed by atoms with Crippen LogP contribution in [0.5, 0.6) is 23.0 Å². The van der Waals surface area contributed by atoms with Gasteiger partial charge in [-0.05, 0) is 69.9 Å². The zero-order valence-corrected chi connectivity index (χ0v) is 22.7. The van der Waals surface area contributed by atoms with Crippen molar-refractivity contribution >= 4 is 45.6 Å². The monoisotopic (exact) mass is 596 g/mol. The van der Waals surface area contributed by atoms with Crippen LogP contribution >= 0.6 is 15.9 Å². The van der Waals surface area contributed by atoms with Gasteiger partial charge in [0.15, 0.2) is 29.6 Å². The number of hydrogen-bond donors (Lipinski definition) is 3. The second kappa shape index (κ2) is 12.8. The lowest BCUT2D eigenvalue weighted by Gasteiger charge is -2.14. The number of halogens is 1. The van der Waals surface area contributed by atoms with Gasteiger partial charge in [0.1, 0.15) is 0 Å². The number of nitrogens with one attached hydrogen (secondary N) is 3. The van der Waals surface area contributed by atoms with Gasteiger partial charge in [0, 0.05) is 12.2 Å². The Kier molecular flexibility index (Phi) is 9.00. The van der Waals surface area contributed by atoms with Gasteiger partial charge in [0.05, 0.1) is 17.8 Å². The van der Waals surface area contributed by atoms with Crippen LogP contribution in [0.15, 0.2) is 64.2 Å². The molecule has 3 aromatic rings. The molecule has 12 heteroatoms. The fourth-order valence-corrected chi connectivity index (χ4v) is 4.10. The first-order valence-corrected chi connectivity index (χ1v) is 12.5. The number of fused-ring (bicyclic) bond motifs is 1. The van der Waals surface area contributed by atoms with Crippen molar-refractivity contribution in [2.45, 2.75) is 13.5 Å². The Morgan fingerprint density at radius 3 is 2.64 bits per heavy atom. The minimum Gasteiger partial charge on any atom is -0.493 e. The standard InChI is InChI=1S/C27H25BrN4O7/c1-16-5-3-4-6-20(16)31-24(33)14-37-25-19(28)9-18(11-23(25)36-2)13-30-32-27(35)26(34)29-12-17-7-8-21-22(10-17)39-15-38-21/h3-11,13H,12,14-15H2,1-2H3,(H,29,34)(H,31,33)(H,32,35)/b30-13-. The number of carbonyl (C=O) groups is 3. The zero-order chi connectivity index (χ0) is 27.8. The van der Waals surface area contributed by atoms with Gasteiger partial charge in [-0.1, -0.05) is 24.3 Å². The Balaban J connectivity index is 1.29. The van der Waals surface area contributed by atoms with Crippen molar-refractivity contribution in [3.63, 3.8) is 0 Å². The fraction of sp³-hybridized carbons (Fsp3) is 0.185. The van der Waals surface area contributed by atoms with E-state index in [1.807, 2.05) is 25.1 Å². The molecule has 0 radical (unpaired) electrons. The van der Waals surface area contributed by atoms with Gasteiger partial charge in [0.2, 0.25) is 6.79 Å². The Morgan fingerprint density at radius 2 is 1.85 bits per heavy atom. The number of para-hydroxylation sites is 1. The van der Waals surface area contributed by atoms with E-state index >= 15 is 0 Å². The predicted octanol–water partition coefficient (Wildman–Crippen LogP) is 3.28. The number of hydrazone groups is 1. The lowest BCUT2D eigenvalue weighted by atomic mass is 10.2. The molecule has 4 rings (SSSR count). The molecule has 1 aliphatic heterocycles. The first-order valence-electron chi connectivity index (χ1n) is 11.7. The molecule has 39 heavy (non-hydrogen) atoms. The Bertz CT molecular complexity index is 1430. The van der Waals surface area contributed by atoms with Crippen molar-refractivity contribution in [2.75, 3.05) is 25.8 Å². The lowest BCUT2D eigenvalue weighted by Crippen LogP contribution is -2.37. The summed E-state index contributed by atoms with van der Waals surface area (Å²) in [6.45, 7) is 1.93. The van der Waals surface area contributed by atoms with Crippen LogP contribution in [0.4, 0.5) is 5.69 Å². The van der Waals surface area contributed by atoms with Crippen LogP contribution in [-0.4, -0.2) is 44.4 Å². The predicted molar refractivity (Wildman–Crippen MR) is 146 cm³/mol. The van der Waals surface area contributed by atoms with Gasteiger partial charge in [-0.2, -0.15) is 5.10 Å². The van der Waals surface area contributed by atoms with Crippen molar-refractivity contribution < 1.29 is 33.3 Å². The molecule has 202 valence electrons. The quantitative estimate of drug-likeness (QED) is 0.196. The number of nitrogens with zero attached hydrogens (tertiary/aromatic N) is 1. The average Bonchev–Trinajstić information content (AvgIpc) is 3.40. The molecule has 3 amide bonds. The number of hydrogen-bond acceptors (Lipinski definition) is 8. The molecule has 0 unspecified atom stereocenters. The minimum absolute atomic E-state index is 0.126. The Morgan fingerprint density at radius 1 is 1.05 bits per heavy atom. The van der Waals surface area contributed by atoms with E-state index in [1.54, 1.807) is 36.4 Å². The summed E-state index contributed by atoms with van der Waals surface area (Å²) in [5, 5.41) is 9.15. The molecule has 1 aliphatic rings. The summed E-state index contributed by atoms with van der Waals surface area (Å²) in [6, 6.07) is 15.9. The third-order valence-electron chi connectivity index (χ3n) is 5.49. The average molecular weight is 597 g/mol. The van der Waals surface area contributed by atoms with Crippen LogP contribution in [0, 0.1) is 6.92 Å². The second-order valence-corrected chi connectivity index (χ2v) is 9.11. The highest BCUT2D eigenvalue weighted by atomic mass is 79.9. The van der Waals surface area contributed by atoms with E-state index in [0.29, 0.717) is 38.7 Å². The number of anilines is 1. The van der Waals surface area contributed by atoms with E-state index in [0.717, 1.165) is 11.1 Å². The summed E-state index contributed by atoms with van der Waals surface area (Å²) in [4.78, 5) is 36.6. The summed E-state index contributed by atoms with van der Waals surface area (Å²) < 4.78 is 22.1. The van der Waals surface area contributed by atoms with Crippen molar-refractivity contribution in [3.8, 4) is 23.0 Å². The van der Waals surface area contributed by atoms with Crippen LogP contribution in [0.1, 0.15) is 16.7 Å². The first kappa shape index (κ1) is 27.5. The molecule has 0 saturated carbocycles. The summed E-state index contributed by atoms with van der Waals surface area (Å²) >= 11 is 3.41. The number of aryl methyl sites for hydroxylation is 1. The minimum atomic E-state index is -0.933. The number of amides is 3. The van der Waals surface area contributed by atoms with Crippen molar-refractivity contribution in [3.05, 3.63) is 75.8 Å². The maximum atomic E-state index is 12.4. The van der Waals surface area contributed by atoms with Gasteiger partial charge < -0.3 is 29.6 Å². The highest BCUT2D eigenvalue weighted by molar-refractivity contribution is 9.10. The molecule has 0 spiro atoms. The topological polar surface area (TPSA) is 137 Å². The number of ether oxygens (including phenoxy) is 4. The van der Waals surface area contributed by atoms with Crippen LogP contribution in [0.3, 0.4) is 0 Å². The molecule has 11 nitrogen and oxygen atoms in total.